The number of amides is 1. The molecule has 0 spiro atoms. The number of ether oxygens (including phenoxy) is 2. The number of hydrogen-bond acceptors (Lipinski definition) is 6. The number of carbonyl (C=O) groups is 1. The van der Waals surface area contributed by atoms with E-state index in [0.29, 0.717) is 31.4 Å². The van der Waals surface area contributed by atoms with Crippen molar-refractivity contribution >= 4 is 11.7 Å². The molecule has 0 saturated heterocycles. The van der Waals surface area contributed by atoms with E-state index in [1.807, 2.05) is 11.0 Å². The smallest absolute Gasteiger partial charge is 0.252 e. The average Bonchev–Trinajstić information content (AvgIpc) is 3.18. The van der Waals surface area contributed by atoms with Gasteiger partial charge in [-0.05, 0) is 42.0 Å². The normalized spacial score (nSPS) is 18.1. The molecule has 1 unspecified atom stereocenters. The minimum absolute atomic E-state index is 0.0451. The highest BCUT2D eigenvalue weighted by Gasteiger charge is 2.27. The second-order valence-electron chi connectivity index (χ2n) is 8.73. The molecular weight excluding hydrogens is 406 g/mol. The van der Waals surface area contributed by atoms with Crippen LogP contribution in [-0.2, 0) is 22.5 Å². The summed E-state index contributed by atoms with van der Waals surface area (Å²) < 4.78 is 13.5. The van der Waals surface area contributed by atoms with Gasteiger partial charge in [0.15, 0.2) is 0 Å². The second kappa shape index (κ2) is 9.24. The van der Waals surface area contributed by atoms with Crippen molar-refractivity contribution in [3.05, 3.63) is 53.6 Å². The summed E-state index contributed by atoms with van der Waals surface area (Å²) in [6, 6.07) is 6.33. The van der Waals surface area contributed by atoms with E-state index >= 15 is 0 Å². The van der Waals surface area contributed by atoms with Crippen LogP contribution in [0.25, 0.3) is 5.78 Å². The number of fused-ring (bicyclic) bond motifs is 2. The Kier molecular flexibility index (Phi) is 6.03. The van der Waals surface area contributed by atoms with Gasteiger partial charge in [-0.3, -0.25) is 4.79 Å². The number of rotatable bonds is 5. The largest absolute Gasteiger partial charge is 0.491 e. The standard InChI is InChI=1S/C24H29N5O3/c1-31-23(18-5-3-2-4-6-18)19-7-8-21-20(12-19)15-28(9-10-32-21)22(30)11-17-13-25-24-26-16-27-29(24)14-17/h7-8,12-14,16,18,23H,2-6,9-11,15H2,1H3. The third kappa shape index (κ3) is 4.32. The van der Waals surface area contributed by atoms with Crippen LogP contribution in [0.15, 0.2) is 36.9 Å². The fraction of sp³-hybridized carbons (Fsp3) is 0.500. The van der Waals surface area contributed by atoms with Crippen LogP contribution >= 0.6 is 0 Å². The van der Waals surface area contributed by atoms with E-state index in [1.165, 1.54) is 44.0 Å². The summed E-state index contributed by atoms with van der Waals surface area (Å²) in [7, 11) is 1.80. The molecule has 0 bridgehead atoms. The Morgan fingerprint density at radius 1 is 1.25 bits per heavy atom. The van der Waals surface area contributed by atoms with Gasteiger partial charge in [0, 0.05) is 31.6 Å². The first-order valence-electron chi connectivity index (χ1n) is 11.4. The van der Waals surface area contributed by atoms with E-state index in [0.717, 1.165) is 16.9 Å². The summed E-state index contributed by atoms with van der Waals surface area (Å²) in [5.74, 6) is 1.98. The first-order chi connectivity index (χ1) is 15.7. The third-order valence-corrected chi connectivity index (χ3v) is 6.62. The summed E-state index contributed by atoms with van der Waals surface area (Å²) >= 11 is 0. The first-order valence-corrected chi connectivity index (χ1v) is 11.4. The molecule has 0 radical (unpaired) electrons. The molecule has 1 aliphatic heterocycles. The number of benzene rings is 1. The zero-order valence-corrected chi connectivity index (χ0v) is 18.4. The molecule has 2 aromatic heterocycles. The maximum Gasteiger partial charge on any atom is 0.252 e. The molecule has 1 atom stereocenters. The maximum absolute atomic E-state index is 13.1. The van der Waals surface area contributed by atoms with Crippen LogP contribution in [0, 0.1) is 5.92 Å². The number of methoxy groups -OCH3 is 1. The highest BCUT2D eigenvalue weighted by molar-refractivity contribution is 5.78. The summed E-state index contributed by atoms with van der Waals surface area (Å²) in [6.45, 7) is 1.56. The van der Waals surface area contributed by atoms with Crippen LogP contribution in [0.5, 0.6) is 5.75 Å². The number of aromatic nitrogens is 4. The van der Waals surface area contributed by atoms with E-state index in [4.69, 9.17) is 9.47 Å². The monoisotopic (exact) mass is 435 g/mol. The van der Waals surface area contributed by atoms with Gasteiger partial charge in [0.05, 0.1) is 19.1 Å². The fourth-order valence-corrected chi connectivity index (χ4v) is 4.98. The molecule has 3 aromatic rings. The zero-order chi connectivity index (χ0) is 21.9. The lowest BCUT2D eigenvalue weighted by Gasteiger charge is -2.30. The van der Waals surface area contributed by atoms with Gasteiger partial charge in [0.2, 0.25) is 5.91 Å². The molecule has 1 aliphatic carbocycles. The van der Waals surface area contributed by atoms with Crippen LogP contribution in [0.4, 0.5) is 0 Å². The van der Waals surface area contributed by atoms with Crippen LogP contribution in [0.1, 0.15) is 54.9 Å². The minimum atomic E-state index is 0.0451. The van der Waals surface area contributed by atoms with Crippen molar-refractivity contribution in [2.24, 2.45) is 5.92 Å². The molecular formula is C24H29N5O3. The summed E-state index contributed by atoms with van der Waals surface area (Å²) in [5, 5.41) is 4.10. The van der Waals surface area contributed by atoms with Gasteiger partial charge in [0.25, 0.3) is 5.78 Å². The Morgan fingerprint density at radius 3 is 2.97 bits per heavy atom. The Labute approximate surface area is 187 Å². The molecule has 1 amide bonds. The van der Waals surface area contributed by atoms with Crippen molar-refractivity contribution < 1.29 is 14.3 Å². The van der Waals surface area contributed by atoms with Crippen molar-refractivity contribution in [3.63, 3.8) is 0 Å². The Bertz CT molecular complexity index is 1090. The van der Waals surface area contributed by atoms with Crippen molar-refractivity contribution in [1.29, 1.82) is 0 Å². The molecule has 3 heterocycles. The highest BCUT2D eigenvalue weighted by Crippen LogP contribution is 2.38. The van der Waals surface area contributed by atoms with Gasteiger partial charge in [-0.2, -0.15) is 10.1 Å². The molecule has 168 valence electrons. The lowest BCUT2D eigenvalue weighted by molar-refractivity contribution is -0.131. The number of hydrogen-bond donors (Lipinski definition) is 0. The lowest BCUT2D eigenvalue weighted by Crippen LogP contribution is -2.33. The van der Waals surface area contributed by atoms with Crippen LogP contribution in [0.2, 0.25) is 0 Å². The van der Waals surface area contributed by atoms with E-state index in [9.17, 15) is 4.79 Å². The Morgan fingerprint density at radius 2 is 2.12 bits per heavy atom. The molecule has 0 N–H and O–H groups in total. The Balaban J connectivity index is 1.33. The summed E-state index contributed by atoms with van der Waals surface area (Å²) in [5.41, 5.74) is 3.02. The number of nitrogens with zero attached hydrogens (tertiary/aromatic N) is 5. The van der Waals surface area contributed by atoms with Crippen molar-refractivity contribution in [3.8, 4) is 5.75 Å². The molecule has 2 aliphatic rings. The zero-order valence-electron chi connectivity index (χ0n) is 18.4. The van der Waals surface area contributed by atoms with Crippen molar-refractivity contribution in [2.45, 2.75) is 51.2 Å². The van der Waals surface area contributed by atoms with Gasteiger partial charge in [-0.15, -0.1) is 0 Å². The summed E-state index contributed by atoms with van der Waals surface area (Å²) in [4.78, 5) is 23.3. The summed E-state index contributed by atoms with van der Waals surface area (Å²) in [6.07, 6.45) is 11.6. The van der Waals surface area contributed by atoms with E-state index < -0.39 is 0 Å². The molecule has 32 heavy (non-hydrogen) atoms. The second-order valence-corrected chi connectivity index (χ2v) is 8.73. The molecule has 8 nitrogen and oxygen atoms in total. The van der Waals surface area contributed by atoms with E-state index in [2.05, 4.69) is 27.2 Å². The highest BCUT2D eigenvalue weighted by atomic mass is 16.5. The molecule has 1 fully saturated rings. The van der Waals surface area contributed by atoms with Gasteiger partial charge >= 0.3 is 0 Å². The van der Waals surface area contributed by atoms with Gasteiger partial charge < -0.3 is 14.4 Å². The Hall–Kier alpha value is -3.00. The lowest BCUT2D eigenvalue weighted by atomic mass is 9.82. The minimum Gasteiger partial charge on any atom is -0.491 e. The molecule has 8 heteroatoms. The van der Waals surface area contributed by atoms with Gasteiger partial charge in [-0.1, -0.05) is 25.3 Å². The van der Waals surface area contributed by atoms with E-state index in [1.54, 1.807) is 24.0 Å². The van der Waals surface area contributed by atoms with Crippen LogP contribution in [-0.4, -0.2) is 50.7 Å². The quantitative estimate of drug-likeness (QED) is 0.611. The molecule has 1 aromatic carbocycles. The fourth-order valence-electron chi connectivity index (χ4n) is 4.98. The van der Waals surface area contributed by atoms with Crippen molar-refractivity contribution in [2.75, 3.05) is 20.3 Å². The molecule has 5 rings (SSSR count). The average molecular weight is 436 g/mol. The predicted molar refractivity (Wildman–Crippen MR) is 118 cm³/mol. The van der Waals surface area contributed by atoms with Gasteiger partial charge in [0.1, 0.15) is 18.7 Å². The first kappa shape index (κ1) is 20.9. The SMILES string of the molecule is COC(c1ccc2c(c1)CN(C(=O)Cc1cnc3ncnn3c1)CCO2)C1CCCCC1. The topological polar surface area (TPSA) is 81.9 Å². The van der Waals surface area contributed by atoms with Gasteiger partial charge in [-0.25, -0.2) is 9.50 Å². The van der Waals surface area contributed by atoms with Crippen LogP contribution in [0.3, 0.4) is 0 Å². The predicted octanol–water partition coefficient (Wildman–Crippen LogP) is 3.36. The van der Waals surface area contributed by atoms with Crippen molar-refractivity contribution in [1.82, 2.24) is 24.5 Å². The van der Waals surface area contributed by atoms with E-state index in [-0.39, 0.29) is 18.4 Å². The third-order valence-electron chi connectivity index (χ3n) is 6.62. The van der Waals surface area contributed by atoms with Crippen LogP contribution < -0.4 is 4.74 Å². The number of carbonyl (C=O) groups excluding carboxylic acids is 1. The maximum atomic E-state index is 13.1. The molecule has 1 saturated carbocycles.